The van der Waals surface area contributed by atoms with Gasteiger partial charge in [-0.3, -0.25) is 14.9 Å². The summed E-state index contributed by atoms with van der Waals surface area (Å²) in [7, 11) is 1.27. The number of methoxy groups -OCH3 is 1. The Bertz CT molecular complexity index is 411. The van der Waals surface area contributed by atoms with Gasteiger partial charge in [-0.25, -0.2) is 0 Å². The zero-order valence-electron chi connectivity index (χ0n) is 9.16. The summed E-state index contributed by atoms with van der Waals surface area (Å²) in [5, 5.41) is 10.5. The van der Waals surface area contributed by atoms with Crippen molar-refractivity contribution in [2.45, 2.75) is 12.5 Å². The van der Waals surface area contributed by atoms with Gasteiger partial charge in [0.2, 0.25) is 0 Å². The molecule has 1 aromatic rings. The summed E-state index contributed by atoms with van der Waals surface area (Å²) >= 11 is 0. The predicted octanol–water partition coefficient (Wildman–Crippen LogP) is 1.58. The van der Waals surface area contributed by atoms with Crippen LogP contribution in [0.2, 0.25) is 0 Å². The number of halogens is 1. The molecule has 0 fully saturated rings. The number of hydrogen-bond donors (Lipinski definition) is 1. The Morgan fingerprint density at radius 2 is 2.24 bits per heavy atom. The molecule has 0 radical (unpaired) electrons. The first-order valence-electron chi connectivity index (χ1n) is 4.61. The lowest BCUT2D eigenvalue weighted by molar-refractivity contribution is -0.384. The molecule has 1 rings (SSSR count). The average molecular weight is 261 g/mol. The van der Waals surface area contributed by atoms with E-state index in [2.05, 4.69) is 4.74 Å². The minimum atomic E-state index is -0.590. The van der Waals surface area contributed by atoms with Crippen LogP contribution >= 0.6 is 12.4 Å². The smallest absolute Gasteiger partial charge is 0.307 e. The van der Waals surface area contributed by atoms with Gasteiger partial charge in [-0.05, 0) is 5.56 Å². The molecule has 0 aliphatic carbocycles. The summed E-state index contributed by atoms with van der Waals surface area (Å²) in [6.45, 7) is 0. The number of carbonyl (C=O) groups excluding carboxylic acids is 1. The van der Waals surface area contributed by atoms with Crippen molar-refractivity contribution in [2.24, 2.45) is 5.73 Å². The van der Waals surface area contributed by atoms with Crippen molar-refractivity contribution in [3.05, 3.63) is 39.9 Å². The van der Waals surface area contributed by atoms with Gasteiger partial charge in [0.1, 0.15) is 0 Å². The fraction of sp³-hybridized carbons (Fsp3) is 0.300. The zero-order chi connectivity index (χ0) is 12.1. The van der Waals surface area contributed by atoms with Gasteiger partial charge in [0.05, 0.1) is 18.5 Å². The SMILES string of the molecule is COC(=O)C[C@@H](N)c1cccc([N+](=O)[O-])c1.Cl. The first-order valence-corrected chi connectivity index (χ1v) is 4.61. The molecule has 0 bridgehead atoms. The van der Waals surface area contributed by atoms with Crippen molar-refractivity contribution < 1.29 is 14.5 Å². The third kappa shape index (κ3) is 4.38. The fourth-order valence-corrected chi connectivity index (χ4v) is 1.25. The number of nitro benzene ring substituents is 1. The minimum Gasteiger partial charge on any atom is -0.469 e. The van der Waals surface area contributed by atoms with E-state index in [0.717, 1.165) is 0 Å². The van der Waals surface area contributed by atoms with Crippen LogP contribution < -0.4 is 5.73 Å². The highest BCUT2D eigenvalue weighted by Crippen LogP contribution is 2.19. The number of carbonyl (C=O) groups is 1. The number of rotatable bonds is 4. The number of hydrogen-bond acceptors (Lipinski definition) is 5. The summed E-state index contributed by atoms with van der Waals surface area (Å²) in [4.78, 5) is 21.0. The molecule has 0 saturated heterocycles. The molecule has 0 unspecified atom stereocenters. The number of ether oxygens (including phenoxy) is 1. The highest BCUT2D eigenvalue weighted by molar-refractivity contribution is 5.85. The second-order valence-corrected chi connectivity index (χ2v) is 3.24. The maximum Gasteiger partial charge on any atom is 0.307 e. The van der Waals surface area contributed by atoms with Gasteiger partial charge >= 0.3 is 5.97 Å². The molecule has 7 heteroatoms. The summed E-state index contributed by atoms with van der Waals surface area (Å²) < 4.78 is 4.47. The fourth-order valence-electron chi connectivity index (χ4n) is 1.25. The van der Waals surface area contributed by atoms with Gasteiger partial charge in [0.15, 0.2) is 0 Å². The van der Waals surface area contributed by atoms with Gasteiger partial charge in [-0.2, -0.15) is 0 Å². The lowest BCUT2D eigenvalue weighted by Gasteiger charge is -2.09. The second kappa shape index (κ2) is 6.82. The Morgan fingerprint density at radius 3 is 2.76 bits per heavy atom. The van der Waals surface area contributed by atoms with Crippen LogP contribution in [0.5, 0.6) is 0 Å². The Morgan fingerprint density at radius 1 is 1.59 bits per heavy atom. The highest BCUT2D eigenvalue weighted by atomic mass is 35.5. The van der Waals surface area contributed by atoms with Gasteiger partial charge in [0, 0.05) is 18.2 Å². The monoisotopic (exact) mass is 260 g/mol. The molecular weight excluding hydrogens is 248 g/mol. The van der Waals surface area contributed by atoms with E-state index in [1.54, 1.807) is 6.07 Å². The number of esters is 1. The summed E-state index contributed by atoms with van der Waals surface area (Å²) in [6.07, 6.45) is -0.00231. The van der Waals surface area contributed by atoms with Crippen LogP contribution in [0.15, 0.2) is 24.3 Å². The van der Waals surface area contributed by atoms with Gasteiger partial charge in [-0.1, -0.05) is 12.1 Å². The number of nitrogens with two attached hydrogens (primary N) is 1. The molecule has 0 spiro atoms. The number of benzene rings is 1. The predicted molar refractivity (Wildman–Crippen MR) is 63.9 cm³/mol. The number of nitrogens with zero attached hydrogens (tertiary/aromatic N) is 1. The topological polar surface area (TPSA) is 95.5 Å². The van der Waals surface area contributed by atoms with Crippen LogP contribution in [-0.4, -0.2) is 18.0 Å². The van der Waals surface area contributed by atoms with Crippen LogP contribution in [-0.2, 0) is 9.53 Å². The Hall–Kier alpha value is -1.66. The molecule has 0 aliphatic heterocycles. The second-order valence-electron chi connectivity index (χ2n) is 3.24. The van der Waals surface area contributed by atoms with Crippen LogP contribution in [0.1, 0.15) is 18.0 Å². The third-order valence-electron chi connectivity index (χ3n) is 2.12. The Balaban J connectivity index is 0.00000256. The van der Waals surface area contributed by atoms with Crippen molar-refractivity contribution >= 4 is 24.1 Å². The normalized spacial score (nSPS) is 11.2. The van der Waals surface area contributed by atoms with Gasteiger partial charge in [-0.15, -0.1) is 12.4 Å². The molecule has 2 N–H and O–H groups in total. The molecule has 0 saturated carbocycles. The maximum atomic E-state index is 11.0. The summed E-state index contributed by atoms with van der Waals surface area (Å²) in [6, 6.07) is 5.31. The molecular formula is C10H13ClN2O4. The van der Waals surface area contributed by atoms with E-state index in [9.17, 15) is 14.9 Å². The molecule has 1 atom stereocenters. The minimum absolute atomic E-state index is 0. The van der Waals surface area contributed by atoms with E-state index in [-0.39, 0.29) is 24.5 Å². The molecule has 17 heavy (non-hydrogen) atoms. The molecule has 6 nitrogen and oxygen atoms in total. The van der Waals surface area contributed by atoms with Crippen molar-refractivity contribution in [2.75, 3.05) is 7.11 Å². The third-order valence-corrected chi connectivity index (χ3v) is 2.12. The van der Waals surface area contributed by atoms with E-state index in [4.69, 9.17) is 5.73 Å². The molecule has 0 aromatic heterocycles. The molecule has 0 aliphatic rings. The van der Waals surface area contributed by atoms with Crippen molar-refractivity contribution in [3.8, 4) is 0 Å². The first-order chi connectivity index (χ1) is 7.54. The highest BCUT2D eigenvalue weighted by Gasteiger charge is 2.14. The lowest BCUT2D eigenvalue weighted by atomic mass is 10.0. The standard InChI is InChI=1S/C10H12N2O4.ClH/c1-16-10(13)6-9(11)7-3-2-4-8(5-7)12(14)15;/h2-5,9H,6,11H2,1H3;1H/t9-;/m1./s1. The van der Waals surface area contributed by atoms with Crippen molar-refractivity contribution in [3.63, 3.8) is 0 Å². The molecule has 0 amide bonds. The number of nitro groups is 1. The summed E-state index contributed by atoms with van der Waals surface area (Å²) in [5.41, 5.74) is 6.21. The molecule has 94 valence electrons. The summed E-state index contributed by atoms with van der Waals surface area (Å²) in [5.74, 6) is -0.445. The molecule has 1 aromatic carbocycles. The van der Waals surface area contributed by atoms with Crippen LogP contribution in [0, 0.1) is 10.1 Å². The van der Waals surface area contributed by atoms with Crippen molar-refractivity contribution in [1.82, 2.24) is 0 Å². The maximum absolute atomic E-state index is 11.0. The van der Waals surface area contributed by atoms with Crippen LogP contribution in [0.3, 0.4) is 0 Å². The van der Waals surface area contributed by atoms with Gasteiger partial charge in [0.25, 0.3) is 5.69 Å². The van der Waals surface area contributed by atoms with Crippen LogP contribution in [0.25, 0.3) is 0 Å². The number of non-ortho nitro benzene ring substituents is 1. The quantitative estimate of drug-likeness (QED) is 0.504. The lowest BCUT2D eigenvalue weighted by Crippen LogP contribution is -2.16. The Kier molecular flexibility index (Phi) is 6.16. The van der Waals surface area contributed by atoms with Gasteiger partial charge < -0.3 is 10.5 Å². The Labute approximate surface area is 104 Å². The van der Waals surface area contributed by atoms with E-state index in [1.807, 2.05) is 0 Å². The van der Waals surface area contributed by atoms with E-state index >= 15 is 0 Å². The average Bonchev–Trinajstić information content (AvgIpc) is 2.28. The zero-order valence-corrected chi connectivity index (χ0v) is 9.98. The van der Waals surface area contributed by atoms with Crippen LogP contribution in [0.4, 0.5) is 5.69 Å². The van der Waals surface area contributed by atoms with E-state index in [0.29, 0.717) is 5.56 Å². The molecule has 0 heterocycles. The largest absolute Gasteiger partial charge is 0.469 e. The first kappa shape index (κ1) is 15.3. The van der Waals surface area contributed by atoms with Crippen molar-refractivity contribution in [1.29, 1.82) is 0 Å². The van der Waals surface area contributed by atoms with E-state index < -0.39 is 16.9 Å². The van der Waals surface area contributed by atoms with E-state index in [1.165, 1.54) is 25.3 Å².